The summed E-state index contributed by atoms with van der Waals surface area (Å²) in [7, 11) is 0. The minimum Gasteiger partial charge on any atom is -0.477 e. The first kappa shape index (κ1) is 15.4. The molecule has 0 atom stereocenters. The molecule has 0 unspecified atom stereocenters. The lowest BCUT2D eigenvalue weighted by Crippen LogP contribution is -2.01. The first-order valence-corrected chi connectivity index (χ1v) is 5.47. The second kappa shape index (κ2) is 6.18. The third kappa shape index (κ3) is 8.20. The molecule has 3 nitrogen and oxygen atoms in total. The number of pyridine rings is 1. The summed E-state index contributed by atoms with van der Waals surface area (Å²) in [6.45, 7) is 14.2. The maximum absolute atomic E-state index is 10.5. The van der Waals surface area contributed by atoms with E-state index in [1.165, 1.54) is 6.07 Å². The highest BCUT2D eigenvalue weighted by Gasteiger charge is 2.04. The molecular formula is C14H21NO2. The standard InChI is InChI=1S/C9H9NO2.C5H12/c1-6(2)7-4-3-5-8(10-7)9(11)12;1-5(2,3)4/h3-5H,1H2,2H3,(H,11,12);1-4H3. The fraction of sp³-hybridized carbons (Fsp3) is 0.429. The molecule has 0 spiro atoms. The first-order valence-electron chi connectivity index (χ1n) is 5.47. The second-order valence-electron chi connectivity index (χ2n) is 5.49. The van der Waals surface area contributed by atoms with E-state index in [4.69, 9.17) is 5.11 Å². The summed E-state index contributed by atoms with van der Waals surface area (Å²) in [6, 6.07) is 4.84. The Balaban J connectivity index is 0.000000437. The Morgan fingerprint density at radius 2 is 1.65 bits per heavy atom. The summed E-state index contributed by atoms with van der Waals surface area (Å²) in [6.07, 6.45) is 0. The molecule has 0 aliphatic rings. The van der Waals surface area contributed by atoms with Crippen LogP contribution in [-0.2, 0) is 0 Å². The van der Waals surface area contributed by atoms with Crippen LogP contribution in [-0.4, -0.2) is 16.1 Å². The molecular weight excluding hydrogens is 214 g/mol. The molecule has 1 aromatic heterocycles. The predicted octanol–water partition coefficient (Wildman–Crippen LogP) is 3.87. The molecule has 0 aromatic carbocycles. The van der Waals surface area contributed by atoms with E-state index in [9.17, 15) is 4.79 Å². The molecule has 1 N–H and O–H groups in total. The van der Waals surface area contributed by atoms with E-state index in [0.717, 1.165) is 5.57 Å². The van der Waals surface area contributed by atoms with Gasteiger partial charge in [0.15, 0.2) is 0 Å². The Kier molecular flexibility index (Phi) is 5.59. The molecule has 94 valence electrons. The smallest absolute Gasteiger partial charge is 0.354 e. The number of hydrogen-bond donors (Lipinski definition) is 1. The highest BCUT2D eigenvalue weighted by atomic mass is 16.4. The molecule has 0 bridgehead atoms. The van der Waals surface area contributed by atoms with Gasteiger partial charge in [0.25, 0.3) is 0 Å². The van der Waals surface area contributed by atoms with Crippen molar-refractivity contribution in [2.75, 3.05) is 0 Å². The first-order chi connectivity index (χ1) is 7.61. The quantitative estimate of drug-likeness (QED) is 0.846. The lowest BCUT2D eigenvalue weighted by atomic mass is 10.0. The van der Waals surface area contributed by atoms with Gasteiger partial charge in [-0.25, -0.2) is 9.78 Å². The third-order valence-corrected chi connectivity index (χ3v) is 1.41. The summed E-state index contributed by atoms with van der Waals surface area (Å²) in [5.41, 5.74) is 1.93. The monoisotopic (exact) mass is 235 g/mol. The fourth-order valence-electron chi connectivity index (χ4n) is 0.792. The zero-order chi connectivity index (χ0) is 13.6. The summed E-state index contributed by atoms with van der Waals surface area (Å²) in [5.74, 6) is -1.02. The average molecular weight is 235 g/mol. The van der Waals surface area contributed by atoms with Crippen LogP contribution in [0, 0.1) is 5.41 Å². The maximum atomic E-state index is 10.5. The van der Waals surface area contributed by atoms with Gasteiger partial charge in [0.2, 0.25) is 0 Å². The van der Waals surface area contributed by atoms with E-state index < -0.39 is 5.97 Å². The number of hydrogen-bond acceptors (Lipinski definition) is 2. The van der Waals surface area contributed by atoms with E-state index in [1.807, 2.05) is 0 Å². The molecule has 0 fully saturated rings. The van der Waals surface area contributed by atoms with Gasteiger partial charge in [-0.3, -0.25) is 0 Å². The Labute approximate surface area is 103 Å². The minimum atomic E-state index is -1.02. The molecule has 0 saturated heterocycles. The van der Waals surface area contributed by atoms with Crippen LogP contribution in [0.4, 0.5) is 0 Å². The van der Waals surface area contributed by atoms with E-state index in [-0.39, 0.29) is 5.69 Å². The number of rotatable bonds is 2. The molecule has 1 heterocycles. The van der Waals surface area contributed by atoms with Crippen molar-refractivity contribution in [3.8, 4) is 0 Å². The van der Waals surface area contributed by atoms with Gasteiger partial charge in [0, 0.05) is 0 Å². The number of allylic oxidation sites excluding steroid dienone is 1. The van der Waals surface area contributed by atoms with Crippen LogP contribution >= 0.6 is 0 Å². The Hall–Kier alpha value is -1.64. The van der Waals surface area contributed by atoms with Crippen LogP contribution in [0.25, 0.3) is 5.57 Å². The molecule has 17 heavy (non-hydrogen) atoms. The number of carboxylic acid groups (broad SMARTS) is 1. The van der Waals surface area contributed by atoms with E-state index in [2.05, 4.69) is 39.3 Å². The van der Waals surface area contributed by atoms with Crippen molar-refractivity contribution >= 4 is 11.5 Å². The number of carbonyl (C=O) groups is 1. The highest BCUT2D eigenvalue weighted by Crippen LogP contribution is 2.08. The molecule has 0 aliphatic heterocycles. The van der Waals surface area contributed by atoms with Crippen LogP contribution in [0.3, 0.4) is 0 Å². The normalized spacial score (nSPS) is 10.2. The number of aromatic carboxylic acids is 1. The van der Waals surface area contributed by atoms with Crippen molar-refractivity contribution < 1.29 is 9.90 Å². The lowest BCUT2D eigenvalue weighted by molar-refractivity contribution is 0.0690. The van der Waals surface area contributed by atoms with Gasteiger partial charge in [0.1, 0.15) is 5.69 Å². The number of nitrogens with zero attached hydrogens (tertiary/aromatic N) is 1. The highest BCUT2D eigenvalue weighted by molar-refractivity contribution is 5.85. The van der Waals surface area contributed by atoms with Crippen LogP contribution in [0.2, 0.25) is 0 Å². The summed E-state index contributed by atoms with van der Waals surface area (Å²) in [4.78, 5) is 14.4. The molecule has 0 radical (unpaired) electrons. The Morgan fingerprint density at radius 3 is 2.00 bits per heavy atom. The number of carboxylic acids is 1. The van der Waals surface area contributed by atoms with E-state index in [0.29, 0.717) is 11.1 Å². The summed E-state index contributed by atoms with van der Waals surface area (Å²) >= 11 is 0. The van der Waals surface area contributed by atoms with Crippen LogP contribution < -0.4 is 0 Å². The van der Waals surface area contributed by atoms with Crippen molar-refractivity contribution in [1.29, 1.82) is 0 Å². The van der Waals surface area contributed by atoms with Gasteiger partial charge in [-0.15, -0.1) is 0 Å². The van der Waals surface area contributed by atoms with Crippen molar-refractivity contribution in [1.82, 2.24) is 4.98 Å². The van der Waals surface area contributed by atoms with Crippen molar-refractivity contribution in [3.05, 3.63) is 36.2 Å². The van der Waals surface area contributed by atoms with Gasteiger partial charge in [0.05, 0.1) is 5.69 Å². The largest absolute Gasteiger partial charge is 0.477 e. The molecule has 1 aromatic rings. The van der Waals surface area contributed by atoms with Crippen molar-refractivity contribution in [3.63, 3.8) is 0 Å². The maximum Gasteiger partial charge on any atom is 0.354 e. The molecule has 0 amide bonds. The van der Waals surface area contributed by atoms with E-state index >= 15 is 0 Å². The summed E-state index contributed by atoms with van der Waals surface area (Å²) < 4.78 is 0. The van der Waals surface area contributed by atoms with Gasteiger partial charge in [-0.2, -0.15) is 0 Å². The SMILES string of the molecule is C=C(C)c1cccc(C(=O)O)n1.CC(C)(C)C. The Bertz CT molecular complexity index is 368. The van der Waals surface area contributed by atoms with Gasteiger partial charge >= 0.3 is 5.97 Å². The van der Waals surface area contributed by atoms with Crippen LogP contribution in [0.5, 0.6) is 0 Å². The van der Waals surface area contributed by atoms with Crippen LogP contribution in [0.1, 0.15) is 50.8 Å². The summed E-state index contributed by atoms with van der Waals surface area (Å²) in [5, 5.41) is 8.60. The van der Waals surface area contributed by atoms with Gasteiger partial charge in [-0.05, 0) is 30.0 Å². The average Bonchev–Trinajstić information content (AvgIpc) is 2.15. The second-order valence-corrected chi connectivity index (χ2v) is 5.49. The fourth-order valence-corrected chi connectivity index (χ4v) is 0.792. The third-order valence-electron chi connectivity index (χ3n) is 1.41. The van der Waals surface area contributed by atoms with Gasteiger partial charge < -0.3 is 5.11 Å². The Morgan fingerprint density at radius 1 is 1.24 bits per heavy atom. The molecule has 1 rings (SSSR count). The molecule has 0 saturated carbocycles. The molecule has 3 heteroatoms. The van der Waals surface area contributed by atoms with Crippen molar-refractivity contribution in [2.24, 2.45) is 5.41 Å². The van der Waals surface area contributed by atoms with E-state index in [1.54, 1.807) is 19.1 Å². The van der Waals surface area contributed by atoms with Crippen LogP contribution in [0.15, 0.2) is 24.8 Å². The zero-order valence-corrected chi connectivity index (χ0v) is 11.2. The van der Waals surface area contributed by atoms with Crippen molar-refractivity contribution in [2.45, 2.75) is 34.6 Å². The van der Waals surface area contributed by atoms with Gasteiger partial charge in [-0.1, -0.05) is 40.3 Å². The number of aromatic nitrogens is 1. The lowest BCUT2D eigenvalue weighted by Gasteiger charge is -2.05. The predicted molar refractivity (Wildman–Crippen MR) is 71.0 cm³/mol. The minimum absolute atomic E-state index is 0.0514. The molecule has 0 aliphatic carbocycles. The topological polar surface area (TPSA) is 50.2 Å². The zero-order valence-electron chi connectivity index (χ0n) is 11.2.